The van der Waals surface area contributed by atoms with Crippen LogP contribution in [-0.4, -0.2) is 25.5 Å². The lowest BCUT2D eigenvalue weighted by Crippen LogP contribution is -2.29. The molecule has 0 heterocycles. The standard InChI is InChI=1S/C20H20ClFN2O3/c1-27-14-4-2-3-12(9-14)7-8-23-19(25)15-11-16(15)20(26)24-13-5-6-18(22)17(21)10-13/h2-6,9-10,15-16H,7-8,11H2,1H3,(H,23,25)(H,24,26). The molecule has 0 radical (unpaired) electrons. The van der Waals surface area contributed by atoms with Crippen LogP contribution in [-0.2, 0) is 16.0 Å². The van der Waals surface area contributed by atoms with Crippen molar-refractivity contribution in [1.29, 1.82) is 0 Å². The Bertz CT molecular complexity index is 859. The molecular weight excluding hydrogens is 371 g/mol. The van der Waals surface area contributed by atoms with Crippen molar-refractivity contribution in [3.8, 4) is 5.75 Å². The van der Waals surface area contributed by atoms with Crippen LogP contribution in [0.3, 0.4) is 0 Å². The minimum absolute atomic E-state index is 0.0598. The molecule has 2 aromatic carbocycles. The zero-order chi connectivity index (χ0) is 19.4. The van der Waals surface area contributed by atoms with Crippen LogP contribution < -0.4 is 15.4 Å². The fraction of sp³-hybridized carbons (Fsp3) is 0.300. The molecule has 1 saturated carbocycles. The van der Waals surface area contributed by atoms with Gasteiger partial charge >= 0.3 is 0 Å². The first-order valence-corrected chi connectivity index (χ1v) is 9.02. The molecule has 0 aliphatic heterocycles. The van der Waals surface area contributed by atoms with E-state index in [1.165, 1.54) is 18.2 Å². The predicted octanol–water partition coefficient (Wildman–Crippen LogP) is 3.42. The van der Waals surface area contributed by atoms with E-state index in [4.69, 9.17) is 16.3 Å². The van der Waals surface area contributed by atoms with Crippen LogP contribution in [0.25, 0.3) is 0 Å². The van der Waals surface area contributed by atoms with Gasteiger partial charge in [0.05, 0.1) is 24.0 Å². The quantitative estimate of drug-likeness (QED) is 0.761. The van der Waals surface area contributed by atoms with E-state index in [0.29, 0.717) is 25.1 Å². The van der Waals surface area contributed by atoms with Gasteiger partial charge in [-0.3, -0.25) is 9.59 Å². The van der Waals surface area contributed by atoms with E-state index in [2.05, 4.69) is 10.6 Å². The first-order valence-electron chi connectivity index (χ1n) is 8.64. The van der Waals surface area contributed by atoms with Gasteiger partial charge in [0.25, 0.3) is 0 Å². The van der Waals surface area contributed by atoms with Crippen molar-refractivity contribution in [2.24, 2.45) is 11.8 Å². The third kappa shape index (κ3) is 4.98. The van der Waals surface area contributed by atoms with Gasteiger partial charge in [-0.15, -0.1) is 0 Å². The van der Waals surface area contributed by atoms with Crippen LogP contribution in [0.15, 0.2) is 42.5 Å². The Morgan fingerprint density at radius 1 is 1.19 bits per heavy atom. The largest absolute Gasteiger partial charge is 0.497 e. The first kappa shape index (κ1) is 19.2. The van der Waals surface area contributed by atoms with E-state index in [9.17, 15) is 14.0 Å². The van der Waals surface area contributed by atoms with Gasteiger partial charge in [-0.25, -0.2) is 4.39 Å². The molecule has 3 rings (SSSR count). The summed E-state index contributed by atoms with van der Waals surface area (Å²) >= 11 is 5.70. The number of hydrogen-bond acceptors (Lipinski definition) is 3. The highest BCUT2D eigenvalue weighted by Crippen LogP contribution is 2.39. The van der Waals surface area contributed by atoms with Crippen LogP contribution >= 0.6 is 11.6 Å². The van der Waals surface area contributed by atoms with Crippen molar-refractivity contribution < 1.29 is 18.7 Å². The minimum Gasteiger partial charge on any atom is -0.497 e. The third-order valence-electron chi connectivity index (χ3n) is 4.50. The summed E-state index contributed by atoms with van der Waals surface area (Å²) < 4.78 is 18.3. The van der Waals surface area contributed by atoms with Crippen LogP contribution in [0.1, 0.15) is 12.0 Å². The fourth-order valence-electron chi connectivity index (χ4n) is 2.87. The van der Waals surface area contributed by atoms with Gasteiger partial charge in [-0.05, 0) is 48.7 Å². The van der Waals surface area contributed by atoms with Crippen LogP contribution in [0.4, 0.5) is 10.1 Å². The van der Waals surface area contributed by atoms with Gasteiger partial charge in [-0.2, -0.15) is 0 Å². The molecule has 0 spiro atoms. The van der Waals surface area contributed by atoms with Crippen LogP contribution in [0.5, 0.6) is 5.75 Å². The zero-order valence-corrected chi connectivity index (χ0v) is 15.6. The molecule has 1 aliphatic carbocycles. The summed E-state index contributed by atoms with van der Waals surface area (Å²) in [5.41, 5.74) is 1.48. The van der Waals surface area contributed by atoms with Gasteiger partial charge in [-0.1, -0.05) is 23.7 Å². The molecule has 2 N–H and O–H groups in total. The molecule has 0 aromatic heterocycles. The van der Waals surface area contributed by atoms with Gasteiger partial charge in [0.15, 0.2) is 0 Å². The Labute approximate surface area is 161 Å². The molecule has 0 bridgehead atoms. The molecular formula is C20H20ClFN2O3. The minimum atomic E-state index is -0.547. The molecule has 2 unspecified atom stereocenters. The number of carbonyl (C=O) groups excluding carboxylic acids is 2. The number of ether oxygens (including phenoxy) is 1. The maximum absolute atomic E-state index is 13.2. The lowest BCUT2D eigenvalue weighted by molar-refractivity contribution is -0.125. The smallest absolute Gasteiger partial charge is 0.228 e. The van der Waals surface area contributed by atoms with E-state index in [0.717, 1.165) is 11.3 Å². The van der Waals surface area contributed by atoms with E-state index < -0.39 is 5.82 Å². The van der Waals surface area contributed by atoms with Crippen molar-refractivity contribution in [2.45, 2.75) is 12.8 Å². The molecule has 0 saturated heterocycles. The highest BCUT2D eigenvalue weighted by Gasteiger charge is 2.47. The molecule has 27 heavy (non-hydrogen) atoms. The highest BCUT2D eigenvalue weighted by molar-refractivity contribution is 6.31. The number of amides is 2. The number of hydrogen-bond donors (Lipinski definition) is 2. The second-order valence-corrected chi connectivity index (χ2v) is 6.87. The summed E-state index contributed by atoms with van der Waals surface area (Å²) in [6.45, 7) is 0.490. The van der Waals surface area contributed by atoms with E-state index >= 15 is 0 Å². The van der Waals surface area contributed by atoms with Crippen molar-refractivity contribution in [1.82, 2.24) is 5.32 Å². The average Bonchev–Trinajstić information content (AvgIpc) is 3.46. The van der Waals surface area contributed by atoms with E-state index in [-0.39, 0.29) is 28.7 Å². The van der Waals surface area contributed by atoms with Crippen molar-refractivity contribution in [3.05, 3.63) is 58.9 Å². The van der Waals surface area contributed by atoms with Gasteiger partial charge in [0, 0.05) is 12.2 Å². The van der Waals surface area contributed by atoms with Crippen molar-refractivity contribution in [2.75, 3.05) is 19.0 Å². The Balaban J connectivity index is 1.44. The lowest BCUT2D eigenvalue weighted by atomic mass is 10.1. The summed E-state index contributed by atoms with van der Waals surface area (Å²) in [5.74, 6) is -0.856. The van der Waals surface area contributed by atoms with E-state index in [1.54, 1.807) is 7.11 Å². The zero-order valence-electron chi connectivity index (χ0n) is 14.8. The number of rotatable bonds is 7. The number of carbonyl (C=O) groups is 2. The van der Waals surface area contributed by atoms with Gasteiger partial charge in [0.2, 0.25) is 11.8 Å². The topological polar surface area (TPSA) is 67.4 Å². The van der Waals surface area contributed by atoms with Crippen molar-refractivity contribution >= 4 is 29.1 Å². The average molecular weight is 391 g/mol. The molecule has 142 valence electrons. The molecule has 5 nitrogen and oxygen atoms in total. The first-order chi connectivity index (χ1) is 13.0. The van der Waals surface area contributed by atoms with Crippen LogP contribution in [0.2, 0.25) is 5.02 Å². The number of nitrogens with one attached hydrogen (secondary N) is 2. The number of anilines is 1. The Hall–Kier alpha value is -2.60. The monoisotopic (exact) mass is 390 g/mol. The van der Waals surface area contributed by atoms with E-state index in [1.807, 2.05) is 24.3 Å². The fourth-order valence-corrected chi connectivity index (χ4v) is 3.05. The second-order valence-electron chi connectivity index (χ2n) is 6.46. The Morgan fingerprint density at radius 3 is 2.70 bits per heavy atom. The number of methoxy groups -OCH3 is 1. The Kier molecular flexibility index (Phi) is 5.96. The molecule has 2 atom stereocenters. The summed E-state index contributed by atoms with van der Waals surface area (Å²) in [6.07, 6.45) is 1.19. The maximum atomic E-state index is 13.2. The molecule has 1 aliphatic rings. The van der Waals surface area contributed by atoms with Crippen LogP contribution in [0, 0.1) is 17.7 Å². The number of benzene rings is 2. The lowest BCUT2D eigenvalue weighted by Gasteiger charge is -2.07. The number of halogens is 2. The van der Waals surface area contributed by atoms with Crippen molar-refractivity contribution in [3.63, 3.8) is 0 Å². The summed E-state index contributed by atoms with van der Waals surface area (Å²) in [5, 5.41) is 5.47. The summed E-state index contributed by atoms with van der Waals surface area (Å²) in [4.78, 5) is 24.4. The van der Waals surface area contributed by atoms with Gasteiger partial charge < -0.3 is 15.4 Å². The molecule has 2 amide bonds. The molecule has 2 aromatic rings. The SMILES string of the molecule is COc1cccc(CCNC(=O)C2CC2C(=O)Nc2ccc(F)c(Cl)c2)c1. The summed E-state index contributed by atoms with van der Waals surface area (Å²) in [7, 11) is 1.61. The molecule has 7 heteroatoms. The third-order valence-corrected chi connectivity index (χ3v) is 4.79. The highest BCUT2D eigenvalue weighted by atomic mass is 35.5. The summed E-state index contributed by atoms with van der Waals surface area (Å²) in [6, 6.07) is 11.6. The Morgan fingerprint density at radius 2 is 1.96 bits per heavy atom. The normalized spacial score (nSPS) is 17.9. The second kappa shape index (κ2) is 8.39. The van der Waals surface area contributed by atoms with Gasteiger partial charge in [0.1, 0.15) is 11.6 Å². The molecule has 1 fully saturated rings. The maximum Gasteiger partial charge on any atom is 0.228 e. The predicted molar refractivity (Wildman–Crippen MR) is 101 cm³/mol.